The second-order valence-corrected chi connectivity index (χ2v) is 7.39. The SMILES string of the molecule is Nc1nc(CSc2nnnn2Cc2cccs2)nc(Nc2ccccc2)n1. The van der Waals surface area contributed by atoms with E-state index in [4.69, 9.17) is 5.73 Å². The number of nitrogens with two attached hydrogens (primary N) is 1. The van der Waals surface area contributed by atoms with E-state index < -0.39 is 0 Å². The van der Waals surface area contributed by atoms with Gasteiger partial charge in [0, 0.05) is 10.6 Å². The van der Waals surface area contributed by atoms with Crippen LogP contribution in [-0.4, -0.2) is 35.2 Å². The first kappa shape index (κ1) is 17.4. The van der Waals surface area contributed by atoms with Gasteiger partial charge in [-0.2, -0.15) is 15.0 Å². The second kappa shape index (κ2) is 8.10. The van der Waals surface area contributed by atoms with Crippen LogP contribution in [0.5, 0.6) is 0 Å². The molecule has 11 heteroatoms. The molecule has 0 amide bonds. The largest absolute Gasteiger partial charge is 0.368 e. The van der Waals surface area contributed by atoms with Gasteiger partial charge in [0.15, 0.2) is 0 Å². The van der Waals surface area contributed by atoms with Crippen molar-refractivity contribution in [3.8, 4) is 0 Å². The average molecular weight is 397 g/mol. The second-order valence-electron chi connectivity index (χ2n) is 5.41. The standard InChI is InChI=1S/C16H15N9S2/c17-14-19-13(20-15(21-14)18-11-5-2-1-3-6-11)10-27-16-22-23-24-25(16)9-12-7-4-8-26-12/h1-8H,9-10H2,(H3,17,18,19,20,21). The van der Waals surface area contributed by atoms with Gasteiger partial charge in [-0.05, 0) is 34.0 Å². The Morgan fingerprint density at radius 3 is 2.78 bits per heavy atom. The Kier molecular flexibility index (Phi) is 5.21. The van der Waals surface area contributed by atoms with Crippen molar-refractivity contribution in [2.45, 2.75) is 17.5 Å². The number of nitrogen functional groups attached to an aromatic ring is 1. The molecule has 0 aliphatic carbocycles. The summed E-state index contributed by atoms with van der Waals surface area (Å²) in [4.78, 5) is 13.9. The van der Waals surface area contributed by atoms with Gasteiger partial charge in [0.2, 0.25) is 17.1 Å². The number of nitrogens with one attached hydrogen (secondary N) is 1. The van der Waals surface area contributed by atoms with Gasteiger partial charge in [-0.15, -0.1) is 16.4 Å². The molecule has 3 aromatic heterocycles. The van der Waals surface area contributed by atoms with Gasteiger partial charge in [0.1, 0.15) is 5.82 Å². The third-order valence-corrected chi connectivity index (χ3v) is 5.26. The molecule has 0 saturated carbocycles. The molecule has 0 aliphatic rings. The van der Waals surface area contributed by atoms with Crippen LogP contribution in [0.1, 0.15) is 10.7 Å². The molecule has 0 saturated heterocycles. The Morgan fingerprint density at radius 1 is 1.07 bits per heavy atom. The smallest absolute Gasteiger partial charge is 0.232 e. The fourth-order valence-electron chi connectivity index (χ4n) is 2.29. The number of thiophene rings is 1. The van der Waals surface area contributed by atoms with Crippen molar-refractivity contribution in [1.29, 1.82) is 0 Å². The van der Waals surface area contributed by atoms with E-state index in [1.54, 1.807) is 16.0 Å². The van der Waals surface area contributed by atoms with Gasteiger partial charge in [-0.25, -0.2) is 4.68 Å². The van der Waals surface area contributed by atoms with Crippen LogP contribution in [0.25, 0.3) is 0 Å². The number of rotatable bonds is 7. The summed E-state index contributed by atoms with van der Waals surface area (Å²) < 4.78 is 1.75. The van der Waals surface area contributed by atoms with E-state index in [-0.39, 0.29) is 5.95 Å². The maximum atomic E-state index is 5.83. The van der Waals surface area contributed by atoms with Gasteiger partial charge in [0.05, 0.1) is 12.3 Å². The predicted molar refractivity (Wildman–Crippen MR) is 105 cm³/mol. The lowest BCUT2D eigenvalue weighted by molar-refractivity contribution is 0.608. The minimum Gasteiger partial charge on any atom is -0.368 e. The number of tetrazole rings is 1. The molecule has 136 valence electrons. The van der Waals surface area contributed by atoms with E-state index in [2.05, 4.69) is 41.9 Å². The molecule has 1 aromatic carbocycles. The Labute approximate surface area is 163 Å². The number of anilines is 3. The van der Waals surface area contributed by atoms with Crippen molar-refractivity contribution in [1.82, 2.24) is 35.2 Å². The molecular weight excluding hydrogens is 382 g/mol. The number of benzene rings is 1. The van der Waals surface area contributed by atoms with Crippen molar-refractivity contribution in [2.24, 2.45) is 0 Å². The van der Waals surface area contributed by atoms with Crippen LogP contribution in [-0.2, 0) is 12.3 Å². The van der Waals surface area contributed by atoms with Crippen LogP contribution in [0.3, 0.4) is 0 Å². The van der Waals surface area contributed by atoms with Crippen LogP contribution in [0.2, 0.25) is 0 Å². The highest BCUT2D eigenvalue weighted by molar-refractivity contribution is 7.98. The molecular formula is C16H15N9S2. The monoisotopic (exact) mass is 397 g/mol. The molecule has 3 N–H and O–H groups in total. The third-order valence-electron chi connectivity index (χ3n) is 3.44. The Hall–Kier alpha value is -3.05. The third kappa shape index (κ3) is 4.57. The summed E-state index contributed by atoms with van der Waals surface area (Å²) in [6.07, 6.45) is 0. The molecule has 0 bridgehead atoms. The maximum Gasteiger partial charge on any atom is 0.232 e. The zero-order valence-corrected chi connectivity index (χ0v) is 15.7. The average Bonchev–Trinajstić information content (AvgIpc) is 3.33. The summed E-state index contributed by atoms with van der Waals surface area (Å²) in [5.74, 6) is 1.59. The molecule has 4 aromatic rings. The van der Waals surface area contributed by atoms with Crippen LogP contribution in [0.4, 0.5) is 17.6 Å². The number of hydrogen-bond donors (Lipinski definition) is 2. The number of hydrogen-bond acceptors (Lipinski definition) is 10. The molecule has 27 heavy (non-hydrogen) atoms. The Morgan fingerprint density at radius 2 is 1.96 bits per heavy atom. The molecule has 4 rings (SSSR count). The zero-order chi connectivity index (χ0) is 18.5. The van der Waals surface area contributed by atoms with Crippen molar-refractivity contribution in [3.63, 3.8) is 0 Å². The zero-order valence-electron chi connectivity index (χ0n) is 14.1. The van der Waals surface area contributed by atoms with Crippen LogP contribution < -0.4 is 11.1 Å². The molecule has 0 fully saturated rings. The maximum absolute atomic E-state index is 5.83. The molecule has 0 aliphatic heterocycles. The van der Waals surface area contributed by atoms with E-state index in [9.17, 15) is 0 Å². The van der Waals surface area contributed by atoms with Crippen LogP contribution in [0.15, 0.2) is 53.0 Å². The highest BCUT2D eigenvalue weighted by atomic mass is 32.2. The van der Waals surface area contributed by atoms with Gasteiger partial charge >= 0.3 is 0 Å². The van der Waals surface area contributed by atoms with Crippen LogP contribution in [0, 0.1) is 0 Å². The van der Waals surface area contributed by atoms with Gasteiger partial charge in [0.25, 0.3) is 0 Å². The normalized spacial score (nSPS) is 10.8. The Balaban J connectivity index is 1.45. The molecule has 3 heterocycles. The lowest BCUT2D eigenvalue weighted by Gasteiger charge is -2.07. The van der Waals surface area contributed by atoms with E-state index in [1.807, 2.05) is 41.8 Å². The molecule has 0 spiro atoms. The van der Waals surface area contributed by atoms with E-state index in [0.29, 0.717) is 29.2 Å². The first-order valence-electron chi connectivity index (χ1n) is 8.00. The van der Waals surface area contributed by atoms with Crippen molar-refractivity contribution in [2.75, 3.05) is 11.1 Å². The molecule has 0 radical (unpaired) electrons. The highest BCUT2D eigenvalue weighted by Gasteiger charge is 2.11. The predicted octanol–water partition coefficient (Wildman–Crippen LogP) is 2.59. The van der Waals surface area contributed by atoms with E-state index >= 15 is 0 Å². The first-order chi connectivity index (χ1) is 13.3. The number of para-hydroxylation sites is 1. The fourth-order valence-corrected chi connectivity index (χ4v) is 3.70. The lowest BCUT2D eigenvalue weighted by atomic mass is 10.3. The minimum atomic E-state index is 0.164. The van der Waals surface area contributed by atoms with Crippen LogP contribution >= 0.6 is 23.1 Å². The minimum absolute atomic E-state index is 0.164. The summed E-state index contributed by atoms with van der Waals surface area (Å²) in [6.45, 7) is 0.632. The highest BCUT2D eigenvalue weighted by Crippen LogP contribution is 2.21. The summed E-state index contributed by atoms with van der Waals surface area (Å²) in [6, 6.07) is 13.7. The van der Waals surface area contributed by atoms with E-state index in [0.717, 1.165) is 5.69 Å². The Bertz CT molecular complexity index is 1000. The van der Waals surface area contributed by atoms with Crippen molar-refractivity contribution >= 4 is 40.7 Å². The summed E-state index contributed by atoms with van der Waals surface area (Å²) >= 11 is 3.11. The fraction of sp³-hybridized carbons (Fsp3) is 0.125. The number of nitrogens with zero attached hydrogens (tertiary/aromatic N) is 7. The number of thioether (sulfide) groups is 1. The topological polar surface area (TPSA) is 120 Å². The van der Waals surface area contributed by atoms with Crippen molar-refractivity contribution in [3.05, 3.63) is 58.5 Å². The summed E-state index contributed by atoms with van der Waals surface area (Å²) in [5.41, 5.74) is 6.70. The first-order valence-corrected chi connectivity index (χ1v) is 9.86. The van der Waals surface area contributed by atoms with Gasteiger partial charge < -0.3 is 11.1 Å². The molecule has 0 atom stereocenters. The van der Waals surface area contributed by atoms with Gasteiger partial charge in [-0.3, -0.25) is 0 Å². The van der Waals surface area contributed by atoms with E-state index in [1.165, 1.54) is 16.6 Å². The summed E-state index contributed by atoms with van der Waals surface area (Å²) in [7, 11) is 0. The lowest BCUT2D eigenvalue weighted by Crippen LogP contribution is -2.07. The van der Waals surface area contributed by atoms with Crippen molar-refractivity contribution < 1.29 is 0 Å². The molecule has 0 unspecified atom stereocenters. The van der Waals surface area contributed by atoms with Gasteiger partial charge in [-0.1, -0.05) is 36.0 Å². The molecule has 9 nitrogen and oxygen atoms in total. The quantitative estimate of drug-likeness (QED) is 0.453. The summed E-state index contributed by atoms with van der Waals surface area (Å²) in [5, 5.41) is 17.7. The number of aromatic nitrogens is 7.